The van der Waals surface area contributed by atoms with E-state index in [2.05, 4.69) is 0 Å². The van der Waals surface area contributed by atoms with Gasteiger partial charge in [0.2, 0.25) is 0 Å². The lowest BCUT2D eigenvalue weighted by atomic mass is 9.98. The molecule has 0 saturated carbocycles. The molecule has 5 heteroatoms. The molecule has 0 fully saturated rings. The van der Waals surface area contributed by atoms with Crippen molar-refractivity contribution >= 4 is 5.97 Å². The number of methoxy groups -OCH3 is 2. The van der Waals surface area contributed by atoms with Gasteiger partial charge in [-0.15, -0.1) is 0 Å². The smallest absolute Gasteiger partial charge is 0.310 e. The van der Waals surface area contributed by atoms with E-state index < -0.39 is 11.9 Å². The van der Waals surface area contributed by atoms with Crippen LogP contribution in [0.4, 0.5) is 0 Å². The summed E-state index contributed by atoms with van der Waals surface area (Å²) in [5.41, 5.74) is 0.765. The average molecular weight is 235 g/mol. The van der Waals surface area contributed by atoms with Crippen molar-refractivity contribution in [3.8, 4) is 17.6 Å². The van der Waals surface area contributed by atoms with Crippen molar-refractivity contribution in [3.05, 3.63) is 23.3 Å². The maximum absolute atomic E-state index is 10.9. The molecule has 1 rings (SSSR count). The van der Waals surface area contributed by atoms with Crippen LogP contribution in [0.3, 0.4) is 0 Å². The first-order valence-corrected chi connectivity index (χ1v) is 4.94. The van der Waals surface area contributed by atoms with Gasteiger partial charge in [0.25, 0.3) is 0 Å². The van der Waals surface area contributed by atoms with Crippen molar-refractivity contribution in [2.45, 2.75) is 12.8 Å². The van der Waals surface area contributed by atoms with Gasteiger partial charge in [-0.1, -0.05) is 0 Å². The Labute approximate surface area is 99.2 Å². The predicted octanol–water partition coefficient (Wildman–Crippen LogP) is 1.76. The molecule has 0 saturated heterocycles. The summed E-state index contributed by atoms with van der Waals surface area (Å²) in [6, 6.07) is 5.03. The van der Waals surface area contributed by atoms with Crippen molar-refractivity contribution in [2.24, 2.45) is 0 Å². The standard InChI is InChI=1S/C12H13NO4/c1-7(12(14)15)8-4-9(6-13)11(17-3)10(5-8)16-2/h4-5,7H,1-3H3,(H,14,15). The Morgan fingerprint density at radius 1 is 1.41 bits per heavy atom. The molecule has 5 nitrogen and oxygen atoms in total. The molecule has 1 unspecified atom stereocenters. The monoisotopic (exact) mass is 235 g/mol. The van der Waals surface area contributed by atoms with Crippen LogP contribution in [0.5, 0.6) is 11.5 Å². The zero-order chi connectivity index (χ0) is 13.0. The molecular formula is C12H13NO4. The molecule has 0 bridgehead atoms. The highest BCUT2D eigenvalue weighted by Crippen LogP contribution is 2.34. The number of benzene rings is 1. The quantitative estimate of drug-likeness (QED) is 0.860. The van der Waals surface area contributed by atoms with Gasteiger partial charge in [-0.2, -0.15) is 5.26 Å². The van der Waals surface area contributed by atoms with Gasteiger partial charge in [0, 0.05) is 0 Å². The molecule has 1 aromatic carbocycles. The van der Waals surface area contributed by atoms with E-state index in [1.54, 1.807) is 13.0 Å². The summed E-state index contributed by atoms with van der Waals surface area (Å²) >= 11 is 0. The predicted molar refractivity (Wildman–Crippen MR) is 60.3 cm³/mol. The summed E-state index contributed by atoms with van der Waals surface area (Å²) in [5, 5.41) is 17.9. The molecule has 1 N–H and O–H groups in total. The highest BCUT2D eigenvalue weighted by molar-refractivity contribution is 5.76. The zero-order valence-corrected chi connectivity index (χ0v) is 9.85. The maximum atomic E-state index is 10.9. The highest BCUT2D eigenvalue weighted by atomic mass is 16.5. The SMILES string of the molecule is COc1cc(C(C)C(=O)O)cc(C#N)c1OC. The van der Waals surface area contributed by atoms with E-state index in [-0.39, 0.29) is 5.56 Å². The second-order valence-corrected chi connectivity index (χ2v) is 3.48. The van der Waals surface area contributed by atoms with Crippen molar-refractivity contribution < 1.29 is 19.4 Å². The number of carboxylic acids is 1. The number of carboxylic acid groups (broad SMARTS) is 1. The van der Waals surface area contributed by atoms with Gasteiger partial charge < -0.3 is 14.6 Å². The molecule has 0 aliphatic carbocycles. The largest absolute Gasteiger partial charge is 0.493 e. The topological polar surface area (TPSA) is 79.5 Å². The van der Waals surface area contributed by atoms with Gasteiger partial charge in [-0.05, 0) is 24.6 Å². The van der Waals surface area contributed by atoms with Gasteiger partial charge in [-0.3, -0.25) is 4.79 Å². The zero-order valence-electron chi connectivity index (χ0n) is 9.85. The minimum Gasteiger partial charge on any atom is -0.493 e. The van der Waals surface area contributed by atoms with Crippen molar-refractivity contribution in [1.82, 2.24) is 0 Å². The molecule has 0 heterocycles. The molecule has 0 amide bonds. The summed E-state index contributed by atoms with van der Waals surface area (Å²) in [6.07, 6.45) is 0. The van der Waals surface area contributed by atoms with Gasteiger partial charge in [0.15, 0.2) is 11.5 Å². The third-order valence-corrected chi connectivity index (χ3v) is 2.49. The van der Waals surface area contributed by atoms with Crippen molar-refractivity contribution in [2.75, 3.05) is 14.2 Å². The summed E-state index contributed by atoms with van der Waals surface area (Å²) in [5.74, 6) is -0.992. The van der Waals surface area contributed by atoms with Gasteiger partial charge in [-0.25, -0.2) is 0 Å². The Morgan fingerprint density at radius 2 is 2.06 bits per heavy atom. The normalized spacial score (nSPS) is 11.4. The van der Waals surface area contributed by atoms with E-state index in [9.17, 15) is 4.79 Å². The number of aliphatic carboxylic acids is 1. The minimum absolute atomic E-state index is 0.259. The van der Waals surface area contributed by atoms with Crippen LogP contribution in [-0.4, -0.2) is 25.3 Å². The lowest BCUT2D eigenvalue weighted by molar-refractivity contribution is -0.138. The number of nitriles is 1. The van der Waals surface area contributed by atoms with Crippen LogP contribution in [0.25, 0.3) is 0 Å². The molecule has 0 aliphatic rings. The number of rotatable bonds is 4. The Kier molecular flexibility index (Phi) is 3.94. The fourth-order valence-electron chi connectivity index (χ4n) is 1.46. The number of hydrogen-bond acceptors (Lipinski definition) is 4. The Hall–Kier alpha value is -2.22. The molecule has 1 aromatic rings. The molecule has 0 radical (unpaired) electrons. The number of hydrogen-bond donors (Lipinski definition) is 1. The summed E-state index contributed by atoms with van der Waals surface area (Å²) in [7, 11) is 2.87. The summed E-state index contributed by atoms with van der Waals surface area (Å²) in [4.78, 5) is 10.9. The number of nitrogens with zero attached hydrogens (tertiary/aromatic N) is 1. The lowest BCUT2D eigenvalue weighted by Crippen LogP contribution is -2.08. The van der Waals surface area contributed by atoms with Crippen molar-refractivity contribution in [1.29, 1.82) is 5.26 Å². The van der Waals surface area contributed by atoms with Crippen LogP contribution in [0.2, 0.25) is 0 Å². The second-order valence-electron chi connectivity index (χ2n) is 3.48. The molecule has 17 heavy (non-hydrogen) atoms. The molecule has 1 atom stereocenters. The first kappa shape index (κ1) is 12.8. The fraction of sp³-hybridized carbons (Fsp3) is 0.333. The van der Waals surface area contributed by atoms with Crippen LogP contribution in [0.15, 0.2) is 12.1 Å². The minimum atomic E-state index is -0.957. The van der Waals surface area contributed by atoms with Gasteiger partial charge >= 0.3 is 5.97 Å². The Balaban J connectivity index is 3.38. The van der Waals surface area contributed by atoms with E-state index in [0.717, 1.165) is 0 Å². The first-order chi connectivity index (χ1) is 8.04. The fourth-order valence-corrected chi connectivity index (χ4v) is 1.46. The van der Waals surface area contributed by atoms with Crippen LogP contribution >= 0.6 is 0 Å². The number of carbonyl (C=O) groups is 1. The first-order valence-electron chi connectivity index (χ1n) is 4.94. The third kappa shape index (κ3) is 2.48. The van der Waals surface area contributed by atoms with E-state index in [0.29, 0.717) is 17.1 Å². The Bertz CT molecular complexity index is 476. The molecule has 0 spiro atoms. The van der Waals surface area contributed by atoms with Crippen LogP contribution in [-0.2, 0) is 4.79 Å². The second kappa shape index (κ2) is 5.21. The average Bonchev–Trinajstić information content (AvgIpc) is 2.35. The summed E-state index contributed by atoms with van der Waals surface area (Å²) < 4.78 is 10.1. The summed E-state index contributed by atoms with van der Waals surface area (Å²) in [6.45, 7) is 1.55. The lowest BCUT2D eigenvalue weighted by Gasteiger charge is -2.13. The molecule has 0 aliphatic heterocycles. The molecule has 0 aromatic heterocycles. The third-order valence-electron chi connectivity index (χ3n) is 2.49. The van der Waals surface area contributed by atoms with Gasteiger partial charge in [0.1, 0.15) is 6.07 Å². The van der Waals surface area contributed by atoms with E-state index in [1.807, 2.05) is 6.07 Å². The maximum Gasteiger partial charge on any atom is 0.310 e. The number of ether oxygens (including phenoxy) is 2. The van der Waals surface area contributed by atoms with E-state index in [1.165, 1.54) is 20.3 Å². The molecule has 90 valence electrons. The van der Waals surface area contributed by atoms with E-state index in [4.69, 9.17) is 19.8 Å². The van der Waals surface area contributed by atoms with E-state index >= 15 is 0 Å². The van der Waals surface area contributed by atoms with Crippen LogP contribution < -0.4 is 9.47 Å². The van der Waals surface area contributed by atoms with Gasteiger partial charge in [0.05, 0.1) is 25.7 Å². The van der Waals surface area contributed by atoms with Crippen LogP contribution in [0.1, 0.15) is 24.0 Å². The Morgan fingerprint density at radius 3 is 2.47 bits per heavy atom. The molecular weight excluding hydrogens is 222 g/mol. The van der Waals surface area contributed by atoms with Crippen molar-refractivity contribution in [3.63, 3.8) is 0 Å². The van der Waals surface area contributed by atoms with Crippen LogP contribution in [0, 0.1) is 11.3 Å². The highest BCUT2D eigenvalue weighted by Gasteiger charge is 2.19.